The quantitative estimate of drug-likeness (QED) is 0.566. The summed E-state index contributed by atoms with van der Waals surface area (Å²) in [5.74, 6) is 0.259. The molecule has 0 aliphatic heterocycles. The van der Waals surface area contributed by atoms with Crippen molar-refractivity contribution in [2.45, 2.75) is 0 Å². The highest BCUT2D eigenvalue weighted by Crippen LogP contribution is 2.19. The third-order valence-corrected chi connectivity index (χ3v) is 1.56. The molecule has 0 unspecified atom stereocenters. The van der Waals surface area contributed by atoms with Crippen molar-refractivity contribution in [3.8, 4) is 17.1 Å². The average Bonchev–Trinajstić information content (AvgIpc) is 2.55. The van der Waals surface area contributed by atoms with E-state index < -0.39 is 0 Å². The minimum Gasteiger partial charge on any atom is -0.506 e. The zero-order valence-corrected chi connectivity index (χ0v) is 5.83. The van der Waals surface area contributed by atoms with Crippen LogP contribution in [0, 0.1) is 0 Å². The molecule has 0 saturated heterocycles. The number of hydrogen-bond donors (Lipinski definition) is 3. The Labute approximate surface area is 63.7 Å². The van der Waals surface area contributed by atoms with Crippen molar-refractivity contribution in [2.24, 2.45) is 0 Å². The van der Waals surface area contributed by atoms with Crippen LogP contribution in [0.4, 0.5) is 0 Å². The molecule has 3 nitrogen and oxygen atoms in total. The number of aromatic nitrogens is 2. The number of aromatic amines is 2. The van der Waals surface area contributed by atoms with Gasteiger partial charge in [-0.3, -0.25) is 0 Å². The van der Waals surface area contributed by atoms with Gasteiger partial charge in [0.15, 0.2) is 0 Å². The van der Waals surface area contributed by atoms with Crippen LogP contribution in [-0.2, 0) is 0 Å². The first-order valence-electron chi connectivity index (χ1n) is 3.37. The van der Waals surface area contributed by atoms with Gasteiger partial charge in [-0.25, -0.2) is 0 Å². The summed E-state index contributed by atoms with van der Waals surface area (Å²) in [6, 6.07) is 5.52. The zero-order chi connectivity index (χ0) is 7.68. The van der Waals surface area contributed by atoms with Crippen LogP contribution in [0.25, 0.3) is 11.4 Å². The Hall–Kier alpha value is -1.64. The van der Waals surface area contributed by atoms with E-state index in [1.165, 1.54) is 0 Å². The Kier molecular flexibility index (Phi) is 1.22. The lowest BCUT2D eigenvalue weighted by atomic mass is 10.3. The zero-order valence-electron chi connectivity index (χ0n) is 5.83. The molecular weight excluding hydrogens is 140 g/mol. The van der Waals surface area contributed by atoms with Gasteiger partial charge in [0.05, 0.1) is 11.4 Å². The molecule has 2 rings (SSSR count). The third kappa shape index (κ3) is 1.00. The molecule has 0 amide bonds. The Balaban J connectivity index is 2.45. The summed E-state index contributed by atoms with van der Waals surface area (Å²) in [5.41, 5.74) is 1.87. The van der Waals surface area contributed by atoms with Crippen molar-refractivity contribution in [2.75, 3.05) is 0 Å². The Morgan fingerprint density at radius 3 is 2.64 bits per heavy atom. The Bertz CT molecular complexity index is 335. The van der Waals surface area contributed by atoms with Gasteiger partial charge in [0.1, 0.15) is 5.75 Å². The van der Waals surface area contributed by atoms with Crippen molar-refractivity contribution in [3.05, 3.63) is 30.6 Å². The van der Waals surface area contributed by atoms with Gasteiger partial charge >= 0.3 is 0 Å². The molecule has 0 aliphatic carbocycles. The van der Waals surface area contributed by atoms with Crippen LogP contribution in [0.1, 0.15) is 0 Å². The molecule has 3 heteroatoms. The molecule has 56 valence electrons. The Morgan fingerprint density at radius 2 is 2.09 bits per heavy atom. The Morgan fingerprint density at radius 1 is 1.18 bits per heavy atom. The molecule has 11 heavy (non-hydrogen) atoms. The molecule has 0 saturated carbocycles. The largest absolute Gasteiger partial charge is 0.506 e. The minimum absolute atomic E-state index is 0.259. The second-order valence-electron chi connectivity index (χ2n) is 2.36. The molecule has 2 heterocycles. The van der Waals surface area contributed by atoms with Crippen molar-refractivity contribution in [1.82, 2.24) is 9.97 Å². The van der Waals surface area contributed by atoms with E-state index in [0.29, 0.717) is 0 Å². The van der Waals surface area contributed by atoms with Crippen molar-refractivity contribution >= 4 is 0 Å². The second-order valence-corrected chi connectivity index (χ2v) is 2.36. The molecule has 0 fully saturated rings. The summed E-state index contributed by atoms with van der Waals surface area (Å²) >= 11 is 0. The predicted molar refractivity (Wildman–Crippen MR) is 42.2 cm³/mol. The molecule has 2 aromatic rings. The molecule has 0 radical (unpaired) electrons. The summed E-state index contributed by atoms with van der Waals surface area (Å²) in [6.07, 6.45) is 3.39. The van der Waals surface area contributed by atoms with E-state index in [-0.39, 0.29) is 5.75 Å². The van der Waals surface area contributed by atoms with Gasteiger partial charge in [0.2, 0.25) is 0 Å². The van der Waals surface area contributed by atoms with Gasteiger partial charge in [-0.1, -0.05) is 0 Å². The number of rotatable bonds is 1. The summed E-state index contributed by atoms with van der Waals surface area (Å²) in [7, 11) is 0. The third-order valence-electron chi connectivity index (χ3n) is 1.56. The smallest absolute Gasteiger partial charge is 0.133 e. The molecule has 0 spiro atoms. The molecule has 0 aromatic carbocycles. The minimum atomic E-state index is 0.259. The second kappa shape index (κ2) is 2.20. The summed E-state index contributed by atoms with van der Waals surface area (Å²) < 4.78 is 0. The average molecular weight is 148 g/mol. The van der Waals surface area contributed by atoms with E-state index in [4.69, 9.17) is 5.11 Å². The highest BCUT2D eigenvalue weighted by atomic mass is 16.3. The van der Waals surface area contributed by atoms with E-state index in [1.807, 2.05) is 18.3 Å². The number of hydrogen-bond acceptors (Lipinski definition) is 1. The van der Waals surface area contributed by atoms with E-state index in [0.717, 1.165) is 11.4 Å². The normalized spacial score (nSPS) is 10.2. The van der Waals surface area contributed by atoms with E-state index in [9.17, 15) is 0 Å². The first-order chi connectivity index (χ1) is 5.36. The summed E-state index contributed by atoms with van der Waals surface area (Å²) in [5, 5.41) is 9.01. The fourth-order valence-corrected chi connectivity index (χ4v) is 1.04. The van der Waals surface area contributed by atoms with Gasteiger partial charge in [0, 0.05) is 18.5 Å². The highest BCUT2D eigenvalue weighted by molar-refractivity contribution is 5.56. The predicted octanol–water partition coefficient (Wildman–Crippen LogP) is 1.72. The monoisotopic (exact) mass is 148 g/mol. The lowest BCUT2D eigenvalue weighted by Gasteiger charge is -1.88. The van der Waals surface area contributed by atoms with Crippen molar-refractivity contribution < 1.29 is 5.11 Å². The molecule has 3 N–H and O–H groups in total. The van der Waals surface area contributed by atoms with Crippen LogP contribution in [-0.4, -0.2) is 15.1 Å². The van der Waals surface area contributed by atoms with Crippen molar-refractivity contribution in [3.63, 3.8) is 0 Å². The van der Waals surface area contributed by atoms with Crippen LogP contribution < -0.4 is 0 Å². The summed E-state index contributed by atoms with van der Waals surface area (Å²) in [6.45, 7) is 0. The highest BCUT2D eigenvalue weighted by Gasteiger charge is 1.99. The fourth-order valence-electron chi connectivity index (χ4n) is 1.04. The van der Waals surface area contributed by atoms with Crippen LogP contribution in [0.5, 0.6) is 5.75 Å². The van der Waals surface area contributed by atoms with Gasteiger partial charge in [-0.2, -0.15) is 0 Å². The topological polar surface area (TPSA) is 51.8 Å². The lowest BCUT2D eigenvalue weighted by molar-refractivity contribution is 0.476. The number of aromatic hydroxyl groups is 1. The van der Waals surface area contributed by atoms with Crippen molar-refractivity contribution in [1.29, 1.82) is 0 Å². The number of H-pyrrole nitrogens is 2. The lowest BCUT2D eigenvalue weighted by Crippen LogP contribution is -1.72. The van der Waals surface area contributed by atoms with Gasteiger partial charge in [0.25, 0.3) is 0 Å². The maximum Gasteiger partial charge on any atom is 0.133 e. The van der Waals surface area contributed by atoms with Gasteiger partial charge in [-0.05, 0) is 12.1 Å². The van der Waals surface area contributed by atoms with Crippen LogP contribution in [0.3, 0.4) is 0 Å². The number of nitrogens with one attached hydrogen (secondary N) is 2. The van der Waals surface area contributed by atoms with Crippen LogP contribution in [0.15, 0.2) is 30.6 Å². The standard InChI is InChI=1S/C8H8N2O/c11-6-4-8(10-5-6)7-2-1-3-9-7/h1-5,9-11H. The molecule has 2 aromatic heterocycles. The maximum atomic E-state index is 9.01. The van der Waals surface area contributed by atoms with E-state index in [2.05, 4.69) is 9.97 Å². The molecular formula is C8H8N2O. The van der Waals surface area contributed by atoms with Crippen LogP contribution in [0.2, 0.25) is 0 Å². The summed E-state index contributed by atoms with van der Waals surface area (Å²) in [4.78, 5) is 5.95. The molecule has 0 bridgehead atoms. The van der Waals surface area contributed by atoms with Crippen LogP contribution >= 0.6 is 0 Å². The fraction of sp³-hybridized carbons (Fsp3) is 0. The van der Waals surface area contributed by atoms with E-state index in [1.54, 1.807) is 12.3 Å². The van der Waals surface area contributed by atoms with E-state index >= 15 is 0 Å². The molecule has 0 aliphatic rings. The molecule has 0 atom stereocenters. The first kappa shape index (κ1) is 6.09. The first-order valence-corrected chi connectivity index (χ1v) is 3.37. The maximum absolute atomic E-state index is 9.01. The SMILES string of the molecule is Oc1c[nH]c(-c2ccc[nH]2)c1. The van der Waals surface area contributed by atoms with Gasteiger partial charge < -0.3 is 15.1 Å². The van der Waals surface area contributed by atoms with Gasteiger partial charge in [-0.15, -0.1) is 0 Å².